The van der Waals surface area contributed by atoms with Gasteiger partial charge in [-0.1, -0.05) is 42.1 Å². The molecule has 2 aromatic carbocycles. The molecule has 3 rings (SSSR count). The lowest BCUT2D eigenvalue weighted by Crippen LogP contribution is -2.42. The zero-order chi connectivity index (χ0) is 20.6. The Hall–Kier alpha value is -3.13. The molecule has 1 amide bonds. The number of hydrogen-bond donors (Lipinski definition) is 1. The summed E-state index contributed by atoms with van der Waals surface area (Å²) in [5.74, 6) is 0.584. The maximum absolute atomic E-state index is 12.4. The number of carbonyl (C=O) groups excluding carboxylic acids is 2. The van der Waals surface area contributed by atoms with Gasteiger partial charge in [-0.15, -0.1) is 10.2 Å². The van der Waals surface area contributed by atoms with Gasteiger partial charge in [0.05, 0.1) is 18.9 Å². The number of ether oxygens (including phenoxy) is 1. The van der Waals surface area contributed by atoms with Crippen LogP contribution in [0.1, 0.15) is 12.5 Å². The lowest BCUT2D eigenvalue weighted by molar-refractivity contribution is -0.125. The summed E-state index contributed by atoms with van der Waals surface area (Å²) >= 11 is 1.26. The Morgan fingerprint density at radius 2 is 1.86 bits per heavy atom. The molecule has 1 N–H and O–H groups in total. The van der Waals surface area contributed by atoms with Crippen molar-refractivity contribution in [2.24, 2.45) is 0 Å². The number of ketones is 1. The van der Waals surface area contributed by atoms with E-state index in [1.807, 2.05) is 54.6 Å². The van der Waals surface area contributed by atoms with Crippen molar-refractivity contribution in [2.45, 2.75) is 24.5 Å². The SMILES string of the molecule is COc1ccc(-n2cnnc2SCC(=O)N[C@@H](Cc2ccccc2)C(C)=O)cc1. The Balaban J connectivity index is 1.60. The van der Waals surface area contributed by atoms with Crippen molar-refractivity contribution < 1.29 is 14.3 Å². The highest BCUT2D eigenvalue weighted by atomic mass is 32.2. The summed E-state index contributed by atoms with van der Waals surface area (Å²) in [4.78, 5) is 24.4. The van der Waals surface area contributed by atoms with E-state index in [2.05, 4.69) is 15.5 Å². The first-order valence-electron chi connectivity index (χ1n) is 9.08. The Morgan fingerprint density at radius 1 is 1.14 bits per heavy atom. The monoisotopic (exact) mass is 410 g/mol. The lowest BCUT2D eigenvalue weighted by Gasteiger charge is -2.16. The normalized spacial score (nSPS) is 11.7. The van der Waals surface area contributed by atoms with Gasteiger partial charge >= 0.3 is 0 Å². The zero-order valence-corrected chi connectivity index (χ0v) is 17.1. The second-order valence-corrected chi connectivity index (χ2v) is 7.33. The maximum Gasteiger partial charge on any atom is 0.231 e. The first-order valence-corrected chi connectivity index (χ1v) is 10.1. The molecule has 0 saturated carbocycles. The van der Waals surface area contributed by atoms with Crippen molar-refractivity contribution in [1.82, 2.24) is 20.1 Å². The summed E-state index contributed by atoms with van der Waals surface area (Å²) in [6.45, 7) is 1.49. The number of rotatable bonds is 9. The summed E-state index contributed by atoms with van der Waals surface area (Å²) in [6.07, 6.45) is 2.06. The molecule has 7 nitrogen and oxygen atoms in total. The van der Waals surface area contributed by atoms with Crippen molar-refractivity contribution in [3.63, 3.8) is 0 Å². The predicted octanol–water partition coefficient (Wildman–Crippen LogP) is 2.68. The van der Waals surface area contributed by atoms with Crippen LogP contribution in [0.15, 0.2) is 66.1 Å². The summed E-state index contributed by atoms with van der Waals surface area (Å²) in [5.41, 5.74) is 1.87. The van der Waals surface area contributed by atoms with Crippen molar-refractivity contribution in [1.29, 1.82) is 0 Å². The molecule has 3 aromatic rings. The van der Waals surface area contributed by atoms with E-state index in [0.29, 0.717) is 11.6 Å². The number of nitrogens with one attached hydrogen (secondary N) is 1. The zero-order valence-electron chi connectivity index (χ0n) is 16.2. The van der Waals surface area contributed by atoms with Crippen LogP contribution in [-0.4, -0.2) is 45.4 Å². The minimum absolute atomic E-state index is 0.0754. The number of methoxy groups -OCH3 is 1. The lowest BCUT2D eigenvalue weighted by atomic mass is 10.0. The standard InChI is InChI=1S/C21H22N4O3S/c1-15(26)19(12-16-6-4-3-5-7-16)23-20(27)13-29-21-24-22-14-25(21)17-8-10-18(28-2)11-9-17/h3-11,14,19H,12-13H2,1-2H3,(H,23,27)/t19-/m0/s1. The molecule has 1 aromatic heterocycles. The van der Waals surface area contributed by atoms with Gasteiger partial charge in [0.2, 0.25) is 5.91 Å². The van der Waals surface area contributed by atoms with Gasteiger partial charge in [-0.2, -0.15) is 0 Å². The van der Waals surface area contributed by atoms with E-state index >= 15 is 0 Å². The maximum atomic E-state index is 12.4. The smallest absolute Gasteiger partial charge is 0.231 e. The molecular weight excluding hydrogens is 388 g/mol. The van der Waals surface area contributed by atoms with Gasteiger partial charge in [-0.25, -0.2) is 0 Å². The Morgan fingerprint density at radius 3 is 2.52 bits per heavy atom. The molecule has 1 atom stereocenters. The van der Waals surface area contributed by atoms with E-state index in [1.54, 1.807) is 18.0 Å². The van der Waals surface area contributed by atoms with E-state index in [-0.39, 0.29) is 17.4 Å². The Kier molecular flexibility index (Phi) is 7.02. The molecule has 0 aliphatic heterocycles. The Bertz CT molecular complexity index is 958. The molecule has 0 unspecified atom stereocenters. The van der Waals surface area contributed by atoms with Crippen LogP contribution in [0.4, 0.5) is 0 Å². The predicted molar refractivity (Wildman–Crippen MR) is 111 cm³/mol. The molecule has 1 heterocycles. The highest BCUT2D eigenvalue weighted by Gasteiger charge is 2.18. The largest absolute Gasteiger partial charge is 0.497 e. The molecule has 0 aliphatic rings. The van der Waals surface area contributed by atoms with Crippen LogP contribution >= 0.6 is 11.8 Å². The molecule has 0 spiro atoms. The number of Topliss-reactive ketones (excluding diaryl/α,β-unsaturated/α-hetero) is 1. The van der Waals surface area contributed by atoms with Gasteiger partial charge in [0.25, 0.3) is 0 Å². The second kappa shape index (κ2) is 9.88. The number of benzene rings is 2. The van der Waals surface area contributed by atoms with Crippen LogP contribution in [0, 0.1) is 0 Å². The molecule has 0 saturated heterocycles. The molecule has 29 heavy (non-hydrogen) atoms. The molecule has 0 aliphatic carbocycles. The van der Waals surface area contributed by atoms with E-state index in [0.717, 1.165) is 17.0 Å². The summed E-state index contributed by atoms with van der Waals surface area (Å²) in [5, 5.41) is 11.4. The third-order valence-corrected chi connectivity index (χ3v) is 5.25. The third kappa shape index (κ3) is 5.68. The van der Waals surface area contributed by atoms with Crippen LogP contribution in [0.5, 0.6) is 5.75 Å². The third-order valence-electron chi connectivity index (χ3n) is 4.31. The van der Waals surface area contributed by atoms with E-state index in [1.165, 1.54) is 18.7 Å². The molecule has 0 radical (unpaired) electrons. The fraction of sp³-hybridized carbons (Fsp3) is 0.238. The summed E-state index contributed by atoms with van der Waals surface area (Å²) in [7, 11) is 1.61. The van der Waals surface area contributed by atoms with Crippen LogP contribution in [0.3, 0.4) is 0 Å². The van der Waals surface area contributed by atoms with Crippen molar-refractivity contribution in [2.75, 3.05) is 12.9 Å². The van der Waals surface area contributed by atoms with Crippen molar-refractivity contribution in [3.05, 3.63) is 66.5 Å². The average Bonchev–Trinajstić information content (AvgIpc) is 3.21. The quantitative estimate of drug-likeness (QED) is 0.546. The molecule has 8 heteroatoms. The van der Waals surface area contributed by atoms with Crippen molar-refractivity contribution >= 4 is 23.5 Å². The number of carbonyl (C=O) groups is 2. The van der Waals surface area contributed by atoms with Gasteiger partial charge < -0.3 is 10.1 Å². The molecule has 0 fully saturated rings. The van der Waals surface area contributed by atoms with Gasteiger partial charge in [0.1, 0.15) is 12.1 Å². The van der Waals surface area contributed by atoms with Gasteiger partial charge in [0, 0.05) is 5.69 Å². The molecular formula is C21H22N4O3S. The molecule has 150 valence electrons. The topological polar surface area (TPSA) is 86.1 Å². The highest BCUT2D eigenvalue weighted by Crippen LogP contribution is 2.21. The first kappa shape index (κ1) is 20.6. The summed E-state index contributed by atoms with van der Waals surface area (Å²) < 4.78 is 6.96. The first-order chi connectivity index (χ1) is 14.1. The number of hydrogen-bond acceptors (Lipinski definition) is 6. The van der Waals surface area contributed by atoms with Gasteiger partial charge in [-0.3, -0.25) is 14.2 Å². The van der Waals surface area contributed by atoms with Crippen molar-refractivity contribution in [3.8, 4) is 11.4 Å². The van der Waals surface area contributed by atoms with Crippen LogP contribution in [0.2, 0.25) is 0 Å². The fourth-order valence-corrected chi connectivity index (χ4v) is 3.50. The van der Waals surface area contributed by atoms with Crippen LogP contribution in [0.25, 0.3) is 5.69 Å². The van der Waals surface area contributed by atoms with E-state index in [4.69, 9.17) is 4.74 Å². The van der Waals surface area contributed by atoms with E-state index < -0.39 is 6.04 Å². The minimum atomic E-state index is -0.551. The van der Waals surface area contributed by atoms with Crippen LogP contribution in [-0.2, 0) is 16.0 Å². The van der Waals surface area contributed by atoms with Gasteiger partial charge in [0.15, 0.2) is 10.9 Å². The fourth-order valence-electron chi connectivity index (χ4n) is 2.76. The second-order valence-electron chi connectivity index (χ2n) is 6.39. The minimum Gasteiger partial charge on any atom is -0.497 e. The number of nitrogens with zero attached hydrogens (tertiary/aromatic N) is 3. The summed E-state index contributed by atoms with van der Waals surface area (Å²) in [6, 6.07) is 16.5. The highest BCUT2D eigenvalue weighted by molar-refractivity contribution is 7.99. The Labute approximate surface area is 173 Å². The number of thioether (sulfide) groups is 1. The van der Waals surface area contributed by atoms with Crippen LogP contribution < -0.4 is 10.1 Å². The van der Waals surface area contributed by atoms with Gasteiger partial charge in [-0.05, 0) is 43.2 Å². The average molecular weight is 410 g/mol. The van der Waals surface area contributed by atoms with E-state index in [9.17, 15) is 9.59 Å². The molecule has 0 bridgehead atoms. The number of amides is 1. The number of aromatic nitrogens is 3.